The second kappa shape index (κ2) is 7.53. The highest BCUT2D eigenvalue weighted by Crippen LogP contribution is 2.26. The van der Waals surface area contributed by atoms with Crippen LogP contribution in [0.1, 0.15) is 16.2 Å². The van der Waals surface area contributed by atoms with Crippen molar-refractivity contribution in [3.63, 3.8) is 0 Å². The summed E-state index contributed by atoms with van der Waals surface area (Å²) in [4.78, 5) is 15.8. The Bertz CT molecular complexity index is 1090. The maximum Gasteiger partial charge on any atom is 0.339 e. The number of aromatic nitrogens is 1. The van der Waals surface area contributed by atoms with Crippen molar-refractivity contribution in [1.82, 2.24) is 4.98 Å². The van der Waals surface area contributed by atoms with Crippen LogP contribution < -0.4 is 4.72 Å². The molecular formula is C18H15BrN2O5S. The average molecular weight is 451 g/mol. The molecule has 0 bridgehead atoms. The molecule has 7 nitrogen and oxygen atoms in total. The molecule has 0 atom stereocenters. The van der Waals surface area contributed by atoms with E-state index in [1.165, 1.54) is 25.3 Å². The topological polar surface area (TPSA) is 98.5 Å². The van der Waals surface area contributed by atoms with Crippen LogP contribution in [0, 0.1) is 6.92 Å². The fraction of sp³-hybridized carbons (Fsp3) is 0.111. The van der Waals surface area contributed by atoms with Crippen LogP contribution >= 0.6 is 15.9 Å². The Hall–Kier alpha value is -2.65. The van der Waals surface area contributed by atoms with Gasteiger partial charge in [-0.2, -0.15) is 0 Å². The van der Waals surface area contributed by atoms with Gasteiger partial charge in [0.15, 0.2) is 11.7 Å². The van der Waals surface area contributed by atoms with Gasteiger partial charge in [0.05, 0.1) is 18.9 Å². The van der Waals surface area contributed by atoms with E-state index in [9.17, 15) is 13.2 Å². The molecule has 0 amide bonds. The number of halogens is 1. The van der Waals surface area contributed by atoms with Gasteiger partial charge in [0.1, 0.15) is 4.90 Å². The van der Waals surface area contributed by atoms with Gasteiger partial charge in [-0.1, -0.05) is 15.9 Å². The van der Waals surface area contributed by atoms with Crippen LogP contribution in [0.15, 0.2) is 62.4 Å². The molecule has 0 fully saturated rings. The number of hydrogen-bond donors (Lipinski definition) is 1. The summed E-state index contributed by atoms with van der Waals surface area (Å²) >= 11 is 3.22. The van der Waals surface area contributed by atoms with Gasteiger partial charge in [-0.25, -0.2) is 18.2 Å². The molecule has 0 saturated heterocycles. The second-order valence-electron chi connectivity index (χ2n) is 5.56. The maximum atomic E-state index is 12.7. The molecule has 0 aliphatic heterocycles. The van der Waals surface area contributed by atoms with Crippen LogP contribution in [0.3, 0.4) is 0 Å². The molecule has 0 unspecified atom stereocenters. The highest BCUT2D eigenvalue weighted by Gasteiger charge is 2.23. The minimum Gasteiger partial charge on any atom is -0.465 e. The number of ether oxygens (including phenoxy) is 1. The van der Waals surface area contributed by atoms with Gasteiger partial charge in [-0.15, -0.1) is 0 Å². The largest absolute Gasteiger partial charge is 0.465 e. The van der Waals surface area contributed by atoms with E-state index in [1.807, 2.05) is 0 Å². The van der Waals surface area contributed by atoms with Gasteiger partial charge in [0.25, 0.3) is 10.0 Å². The van der Waals surface area contributed by atoms with Crippen molar-refractivity contribution in [2.45, 2.75) is 11.8 Å². The van der Waals surface area contributed by atoms with Crippen LogP contribution in [0.5, 0.6) is 0 Å². The molecular weight excluding hydrogens is 436 g/mol. The highest BCUT2D eigenvalue weighted by atomic mass is 79.9. The standard InChI is InChI=1S/C18H15BrN2O5S/c1-11-20-10-16(26-11)12-3-6-14(7-4-12)21-27(23,24)17-8-5-13(19)9-15(17)18(22)25-2/h3-10,21H,1-2H3. The van der Waals surface area contributed by atoms with E-state index >= 15 is 0 Å². The first-order chi connectivity index (χ1) is 12.8. The average Bonchev–Trinajstić information content (AvgIpc) is 3.07. The van der Waals surface area contributed by atoms with E-state index < -0.39 is 16.0 Å². The maximum absolute atomic E-state index is 12.7. The lowest BCUT2D eigenvalue weighted by atomic mass is 10.2. The number of anilines is 1. The number of carbonyl (C=O) groups excluding carboxylic acids is 1. The van der Waals surface area contributed by atoms with E-state index in [0.717, 1.165) is 5.56 Å². The van der Waals surface area contributed by atoms with Crippen molar-refractivity contribution in [3.05, 3.63) is 64.6 Å². The minimum atomic E-state index is -4.00. The molecule has 3 aromatic rings. The van der Waals surface area contributed by atoms with Crippen molar-refractivity contribution in [1.29, 1.82) is 0 Å². The zero-order valence-electron chi connectivity index (χ0n) is 14.4. The monoisotopic (exact) mass is 450 g/mol. The van der Waals surface area contributed by atoms with Crippen molar-refractivity contribution < 1.29 is 22.4 Å². The third kappa shape index (κ3) is 4.20. The van der Waals surface area contributed by atoms with Crippen LogP contribution in [0.2, 0.25) is 0 Å². The molecule has 140 valence electrons. The third-order valence-electron chi connectivity index (χ3n) is 3.68. The zero-order chi connectivity index (χ0) is 19.6. The Kier molecular flexibility index (Phi) is 5.33. The minimum absolute atomic E-state index is 0.0619. The fourth-order valence-electron chi connectivity index (χ4n) is 2.41. The number of nitrogens with zero attached hydrogens (tertiary/aromatic N) is 1. The number of hydrogen-bond acceptors (Lipinski definition) is 6. The van der Waals surface area contributed by atoms with Gasteiger partial charge < -0.3 is 9.15 Å². The highest BCUT2D eigenvalue weighted by molar-refractivity contribution is 9.10. The number of nitrogens with one attached hydrogen (secondary N) is 1. The number of benzene rings is 2. The van der Waals surface area contributed by atoms with Crippen molar-refractivity contribution in [2.75, 3.05) is 11.8 Å². The number of rotatable bonds is 5. The molecule has 2 aromatic carbocycles. The molecule has 1 heterocycles. The van der Waals surface area contributed by atoms with Gasteiger partial charge in [0.2, 0.25) is 0 Å². The number of sulfonamides is 1. The summed E-state index contributed by atoms with van der Waals surface area (Å²) in [6.45, 7) is 1.74. The first kappa shape index (κ1) is 19.1. The summed E-state index contributed by atoms with van der Waals surface area (Å²) < 4.78 is 38.6. The Morgan fingerprint density at radius 2 is 1.89 bits per heavy atom. The predicted molar refractivity (Wildman–Crippen MR) is 103 cm³/mol. The molecule has 0 radical (unpaired) electrons. The molecule has 1 N–H and O–H groups in total. The van der Waals surface area contributed by atoms with Gasteiger partial charge in [-0.3, -0.25) is 4.72 Å². The molecule has 27 heavy (non-hydrogen) atoms. The van der Waals surface area contributed by atoms with Crippen molar-refractivity contribution in [3.8, 4) is 11.3 Å². The number of aryl methyl sites for hydroxylation is 1. The van der Waals surface area contributed by atoms with Crippen LogP contribution in [-0.2, 0) is 14.8 Å². The first-order valence-electron chi connectivity index (χ1n) is 7.74. The quantitative estimate of drug-likeness (QED) is 0.589. The molecule has 0 saturated carbocycles. The predicted octanol–water partition coefficient (Wildman–Crippen LogP) is 4.00. The zero-order valence-corrected chi connectivity index (χ0v) is 16.8. The molecule has 0 aliphatic carbocycles. The fourth-order valence-corrected chi connectivity index (χ4v) is 4.01. The van der Waals surface area contributed by atoms with Crippen LogP contribution in [0.4, 0.5) is 5.69 Å². The summed E-state index contributed by atoms with van der Waals surface area (Å²) in [5.41, 5.74) is 1.04. The third-order valence-corrected chi connectivity index (χ3v) is 5.61. The van der Waals surface area contributed by atoms with E-state index in [4.69, 9.17) is 4.42 Å². The number of carbonyl (C=O) groups is 1. The van der Waals surface area contributed by atoms with E-state index in [-0.39, 0.29) is 10.5 Å². The second-order valence-corrected chi connectivity index (χ2v) is 8.12. The van der Waals surface area contributed by atoms with Gasteiger partial charge in [-0.05, 0) is 42.5 Å². The van der Waals surface area contributed by atoms with Gasteiger partial charge >= 0.3 is 5.97 Å². The molecule has 1 aromatic heterocycles. The Labute approximate surface area is 164 Å². The van der Waals surface area contributed by atoms with E-state index in [0.29, 0.717) is 21.8 Å². The summed E-state index contributed by atoms with van der Waals surface area (Å²) in [7, 11) is -2.81. The normalized spacial score (nSPS) is 11.2. The lowest BCUT2D eigenvalue weighted by molar-refractivity contribution is 0.0596. The molecule has 3 rings (SSSR count). The number of methoxy groups -OCH3 is 1. The molecule has 0 aliphatic rings. The van der Waals surface area contributed by atoms with Crippen LogP contribution in [-0.4, -0.2) is 26.5 Å². The first-order valence-corrected chi connectivity index (χ1v) is 10.0. The van der Waals surface area contributed by atoms with Crippen molar-refractivity contribution in [2.24, 2.45) is 0 Å². The van der Waals surface area contributed by atoms with E-state index in [1.54, 1.807) is 37.4 Å². The van der Waals surface area contributed by atoms with Gasteiger partial charge in [0, 0.05) is 22.6 Å². The van der Waals surface area contributed by atoms with Crippen molar-refractivity contribution >= 4 is 37.6 Å². The summed E-state index contributed by atoms with van der Waals surface area (Å²) in [5, 5.41) is 0. The van der Waals surface area contributed by atoms with E-state index in [2.05, 4.69) is 30.4 Å². The molecule has 9 heteroatoms. The lowest BCUT2D eigenvalue weighted by Crippen LogP contribution is -2.17. The smallest absolute Gasteiger partial charge is 0.339 e. The summed E-state index contributed by atoms with van der Waals surface area (Å²) in [6.07, 6.45) is 1.60. The number of oxazole rings is 1. The SMILES string of the molecule is COC(=O)c1cc(Br)ccc1S(=O)(=O)Nc1ccc(-c2cnc(C)o2)cc1. The summed E-state index contributed by atoms with van der Waals surface area (Å²) in [5.74, 6) is 0.385. The number of esters is 1. The lowest BCUT2D eigenvalue weighted by Gasteiger charge is -2.12. The Morgan fingerprint density at radius 1 is 1.19 bits per heavy atom. The Morgan fingerprint density at radius 3 is 2.48 bits per heavy atom. The Balaban J connectivity index is 1.90. The van der Waals surface area contributed by atoms with Crippen LogP contribution in [0.25, 0.3) is 11.3 Å². The summed E-state index contributed by atoms with van der Waals surface area (Å²) in [6, 6.07) is 10.9. The molecule has 0 spiro atoms.